The highest BCUT2D eigenvalue weighted by Crippen LogP contribution is 2.26. The Labute approximate surface area is 101 Å². The number of nitrogens with two attached hydrogens (primary N) is 1. The molecule has 0 saturated heterocycles. The average molecular weight is 225 g/mol. The SMILES string of the molecule is CC(=O)c1ccc(-c2ccc(C)cc2N)cc1. The number of benzene rings is 2. The molecule has 0 aliphatic rings. The Morgan fingerprint density at radius 2 is 1.71 bits per heavy atom. The van der Waals surface area contributed by atoms with Crippen LogP contribution in [0.15, 0.2) is 42.5 Å². The molecule has 17 heavy (non-hydrogen) atoms. The smallest absolute Gasteiger partial charge is 0.159 e. The minimum Gasteiger partial charge on any atom is -0.398 e. The quantitative estimate of drug-likeness (QED) is 0.628. The zero-order chi connectivity index (χ0) is 12.4. The van der Waals surface area contributed by atoms with Crippen LogP contribution in [0.4, 0.5) is 5.69 Å². The van der Waals surface area contributed by atoms with Crippen LogP contribution in [0.1, 0.15) is 22.8 Å². The second-order valence-electron chi connectivity index (χ2n) is 4.22. The summed E-state index contributed by atoms with van der Waals surface area (Å²) in [6.07, 6.45) is 0. The summed E-state index contributed by atoms with van der Waals surface area (Å²) in [7, 11) is 0. The van der Waals surface area contributed by atoms with E-state index in [1.165, 1.54) is 0 Å². The van der Waals surface area contributed by atoms with Gasteiger partial charge in [-0.3, -0.25) is 4.79 Å². The standard InChI is InChI=1S/C15H15NO/c1-10-3-8-14(15(16)9-10)13-6-4-12(5-7-13)11(2)17/h3-9H,16H2,1-2H3. The van der Waals surface area contributed by atoms with Gasteiger partial charge in [0.1, 0.15) is 0 Å². The molecule has 2 aromatic carbocycles. The van der Waals surface area contributed by atoms with Crippen LogP contribution in [-0.2, 0) is 0 Å². The van der Waals surface area contributed by atoms with Crippen molar-refractivity contribution in [1.82, 2.24) is 0 Å². The lowest BCUT2D eigenvalue weighted by atomic mass is 10.00. The second-order valence-corrected chi connectivity index (χ2v) is 4.22. The van der Waals surface area contributed by atoms with E-state index in [-0.39, 0.29) is 5.78 Å². The van der Waals surface area contributed by atoms with Gasteiger partial charge in [0.15, 0.2) is 5.78 Å². The summed E-state index contributed by atoms with van der Waals surface area (Å²) >= 11 is 0. The molecule has 0 aliphatic heterocycles. The normalized spacial score (nSPS) is 10.2. The van der Waals surface area contributed by atoms with Crippen molar-refractivity contribution in [2.24, 2.45) is 0 Å². The van der Waals surface area contributed by atoms with Crippen LogP contribution in [0.3, 0.4) is 0 Å². The largest absolute Gasteiger partial charge is 0.398 e. The van der Waals surface area contributed by atoms with Crippen molar-refractivity contribution in [3.8, 4) is 11.1 Å². The van der Waals surface area contributed by atoms with Gasteiger partial charge in [-0.05, 0) is 31.0 Å². The fraction of sp³-hybridized carbons (Fsp3) is 0.133. The molecule has 0 atom stereocenters. The number of rotatable bonds is 2. The van der Waals surface area contributed by atoms with E-state index in [9.17, 15) is 4.79 Å². The molecule has 2 N–H and O–H groups in total. The summed E-state index contributed by atoms with van der Waals surface area (Å²) < 4.78 is 0. The molecular weight excluding hydrogens is 210 g/mol. The maximum absolute atomic E-state index is 11.2. The number of carbonyl (C=O) groups excluding carboxylic acids is 1. The van der Waals surface area contributed by atoms with Crippen molar-refractivity contribution in [3.05, 3.63) is 53.6 Å². The first-order valence-electron chi connectivity index (χ1n) is 5.55. The second kappa shape index (κ2) is 4.42. The average Bonchev–Trinajstić information content (AvgIpc) is 2.29. The number of Topliss-reactive ketones (excluding diaryl/α,β-unsaturated/α-hetero) is 1. The highest BCUT2D eigenvalue weighted by atomic mass is 16.1. The molecule has 0 bridgehead atoms. The van der Waals surface area contributed by atoms with Crippen molar-refractivity contribution >= 4 is 11.5 Å². The van der Waals surface area contributed by atoms with Gasteiger partial charge in [0.25, 0.3) is 0 Å². The molecule has 2 aromatic rings. The number of hydrogen-bond acceptors (Lipinski definition) is 2. The van der Waals surface area contributed by atoms with Crippen molar-refractivity contribution in [2.45, 2.75) is 13.8 Å². The first-order chi connectivity index (χ1) is 8.08. The van der Waals surface area contributed by atoms with Crippen LogP contribution in [-0.4, -0.2) is 5.78 Å². The Bertz CT molecular complexity index is 556. The lowest BCUT2D eigenvalue weighted by Crippen LogP contribution is -1.93. The van der Waals surface area contributed by atoms with E-state index in [4.69, 9.17) is 5.73 Å². The molecule has 0 amide bonds. The first kappa shape index (κ1) is 11.4. The van der Waals surface area contributed by atoms with Crippen molar-refractivity contribution in [3.63, 3.8) is 0 Å². The zero-order valence-corrected chi connectivity index (χ0v) is 10.0. The fourth-order valence-electron chi connectivity index (χ4n) is 1.83. The molecule has 0 heterocycles. The molecule has 86 valence electrons. The predicted molar refractivity (Wildman–Crippen MR) is 71.0 cm³/mol. The van der Waals surface area contributed by atoms with Crippen molar-refractivity contribution in [1.29, 1.82) is 0 Å². The van der Waals surface area contributed by atoms with Crippen molar-refractivity contribution in [2.75, 3.05) is 5.73 Å². The van der Waals surface area contributed by atoms with Crippen molar-refractivity contribution < 1.29 is 4.79 Å². The molecule has 2 nitrogen and oxygen atoms in total. The minimum absolute atomic E-state index is 0.0772. The maximum Gasteiger partial charge on any atom is 0.159 e. The van der Waals surface area contributed by atoms with Crippen LogP contribution in [0.25, 0.3) is 11.1 Å². The number of carbonyl (C=O) groups is 1. The third-order valence-electron chi connectivity index (χ3n) is 2.81. The molecule has 0 aliphatic carbocycles. The topological polar surface area (TPSA) is 43.1 Å². The maximum atomic E-state index is 11.2. The van der Waals surface area contributed by atoms with E-state index < -0.39 is 0 Å². The molecular formula is C15H15NO. The molecule has 0 saturated carbocycles. The molecule has 0 fully saturated rings. The minimum atomic E-state index is 0.0772. The van der Waals surface area contributed by atoms with Gasteiger partial charge in [-0.25, -0.2) is 0 Å². The first-order valence-corrected chi connectivity index (χ1v) is 5.55. The van der Waals surface area contributed by atoms with Crippen LogP contribution in [0.2, 0.25) is 0 Å². The summed E-state index contributed by atoms with van der Waals surface area (Å²) in [6.45, 7) is 3.58. The molecule has 2 heteroatoms. The van der Waals surface area contributed by atoms with Gasteiger partial charge in [-0.15, -0.1) is 0 Å². The number of anilines is 1. The zero-order valence-electron chi connectivity index (χ0n) is 10.0. The molecule has 2 rings (SSSR count). The summed E-state index contributed by atoms with van der Waals surface area (Å²) in [6, 6.07) is 13.5. The summed E-state index contributed by atoms with van der Waals surface area (Å²) in [5.74, 6) is 0.0772. The Morgan fingerprint density at radius 1 is 1.06 bits per heavy atom. The van der Waals surface area contributed by atoms with Gasteiger partial charge >= 0.3 is 0 Å². The molecule has 0 aromatic heterocycles. The Balaban J connectivity index is 2.43. The molecule has 0 radical (unpaired) electrons. The van der Waals surface area contributed by atoms with Gasteiger partial charge in [-0.2, -0.15) is 0 Å². The Kier molecular flexibility index (Phi) is 2.96. The third kappa shape index (κ3) is 2.36. The van der Waals surface area contributed by atoms with E-state index in [0.717, 1.165) is 27.9 Å². The highest BCUT2D eigenvalue weighted by molar-refractivity contribution is 5.94. The highest BCUT2D eigenvalue weighted by Gasteiger charge is 2.04. The van der Waals surface area contributed by atoms with E-state index in [0.29, 0.717) is 0 Å². The van der Waals surface area contributed by atoms with E-state index >= 15 is 0 Å². The third-order valence-corrected chi connectivity index (χ3v) is 2.81. The lowest BCUT2D eigenvalue weighted by Gasteiger charge is -2.07. The Morgan fingerprint density at radius 3 is 2.24 bits per heavy atom. The monoisotopic (exact) mass is 225 g/mol. The summed E-state index contributed by atoms with van der Waals surface area (Å²) in [5, 5.41) is 0. The van der Waals surface area contributed by atoms with Gasteiger partial charge < -0.3 is 5.73 Å². The van der Waals surface area contributed by atoms with Crippen LogP contribution in [0.5, 0.6) is 0 Å². The number of hydrogen-bond donors (Lipinski definition) is 1. The lowest BCUT2D eigenvalue weighted by molar-refractivity contribution is 0.101. The summed E-state index contributed by atoms with van der Waals surface area (Å²) in [4.78, 5) is 11.2. The number of aryl methyl sites for hydroxylation is 1. The van der Waals surface area contributed by atoms with Gasteiger partial charge in [0, 0.05) is 16.8 Å². The van der Waals surface area contributed by atoms with Gasteiger partial charge in [0.05, 0.1) is 0 Å². The van der Waals surface area contributed by atoms with E-state index in [2.05, 4.69) is 0 Å². The molecule has 0 spiro atoms. The molecule has 0 unspecified atom stereocenters. The predicted octanol–water partition coefficient (Wildman–Crippen LogP) is 3.45. The van der Waals surface area contributed by atoms with Crippen LogP contribution >= 0.6 is 0 Å². The summed E-state index contributed by atoms with van der Waals surface area (Å²) in [5.41, 5.74) is 10.7. The van der Waals surface area contributed by atoms with Gasteiger partial charge in [0.2, 0.25) is 0 Å². The van der Waals surface area contributed by atoms with Gasteiger partial charge in [-0.1, -0.05) is 36.4 Å². The Hall–Kier alpha value is -2.09. The number of nitrogen functional groups attached to an aromatic ring is 1. The van der Waals surface area contributed by atoms with E-state index in [1.54, 1.807) is 6.92 Å². The number of ketones is 1. The van der Waals surface area contributed by atoms with E-state index in [1.807, 2.05) is 49.4 Å². The van der Waals surface area contributed by atoms with Crippen LogP contribution in [0, 0.1) is 6.92 Å². The van der Waals surface area contributed by atoms with Crippen LogP contribution < -0.4 is 5.73 Å². The fourth-order valence-corrected chi connectivity index (χ4v) is 1.83.